The van der Waals surface area contributed by atoms with E-state index in [1.807, 2.05) is 0 Å². The van der Waals surface area contributed by atoms with E-state index in [0.717, 1.165) is 32.6 Å². The van der Waals surface area contributed by atoms with Gasteiger partial charge in [0.05, 0.1) is 0 Å². The van der Waals surface area contributed by atoms with Gasteiger partial charge in [0.15, 0.2) is 0 Å². The lowest BCUT2D eigenvalue weighted by molar-refractivity contribution is -0.119. The van der Waals surface area contributed by atoms with Crippen LogP contribution < -0.4 is 5.32 Å². The SMILES string of the molecule is CCCCCCCCOCCCCCCCC.O=C1CCCN1. The number of hydrogen-bond acceptors (Lipinski definition) is 2. The number of unbranched alkanes of at least 4 members (excludes halogenated alkanes) is 10. The monoisotopic (exact) mass is 327 g/mol. The Balaban J connectivity index is 0.000000664. The minimum Gasteiger partial charge on any atom is -0.381 e. The average molecular weight is 328 g/mol. The molecule has 3 nitrogen and oxygen atoms in total. The van der Waals surface area contributed by atoms with E-state index in [-0.39, 0.29) is 5.91 Å². The van der Waals surface area contributed by atoms with Gasteiger partial charge < -0.3 is 10.1 Å². The minimum absolute atomic E-state index is 0.204. The maximum Gasteiger partial charge on any atom is 0.220 e. The predicted molar refractivity (Wildman–Crippen MR) is 99.8 cm³/mol. The molecular weight excluding hydrogens is 286 g/mol. The van der Waals surface area contributed by atoms with Crippen LogP contribution in [0.4, 0.5) is 0 Å². The summed E-state index contributed by atoms with van der Waals surface area (Å²) >= 11 is 0. The molecule has 1 heterocycles. The Hall–Kier alpha value is -0.570. The van der Waals surface area contributed by atoms with Gasteiger partial charge in [0, 0.05) is 26.2 Å². The first-order valence-corrected chi connectivity index (χ1v) is 10.2. The van der Waals surface area contributed by atoms with Crippen molar-refractivity contribution in [1.29, 1.82) is 0 Å². The summed E-state index contributed by atoms with van der Waals surface area (Å²) in [7, 11) is 0. The highest BCUT2D eigenvalue weighted by Gasteiger charge is 2.05. The Labute approximate surface area is 144 Å². The fraction of sp³-hybridized carbons (Fsp3) is 0.950. The molecular formula is C20H41NO2. The molecule has 3 heteroatoms. The van der Waals surface area contributed by atoms with E-state index in [2.05, 4.69) is 19.2 Å². The molecule has 0 aromatic rings. The van der Waals surface area contributed by atoms with Crippen LogP contribution in [0.1, 0.15) is 104 Å². The van der Waals surface area contributed by atoms with E-state index < -0.39 is 0 Å². The molecule has 0 aromatic carbocycles. The topological polar surface area (TPSA) is 38.3 Å². The number of amides is 1. The second kappa shape index (κ2) is 19.5. The van der Waals surface area contributed by atoms with Crippen molar-refractivity contribution in [2.45, 2.75) is 104 Å². The zero-order chi connectivity index (χ0) is 17.0. The molecule has 0 spiro atoms. The number of hydrogen-bond donors (Lipinski definition) is 1. The third-order valence-corrected chi connectivity index (χ3v) is 4.19. The molecule has 0 bridgehead atoms. The lowest BCUT2D eigenvalue weighted by Crippen LogP contribution is -2.12. The fourth-order valence-corrected chi connectivity index (χ4v) is 2.64. The largest absolute Gasteiger partial charge is 0.381 e. The van der Waals surface area contributed by atoms with Gasteiger partial charge in [-0.1, -0.05) is 78.1 Å². The van der Waals surface area contributed by atoms with Crippen LogP contribution in [0, 0.1) is 0 Å². The van der Waals surface area contributed by atoms with Crippen molar-refractivity contribution in [2.24, 2.45) is 0 Å². The molecule has 0 saturated carbocycles. The summed E-state index contributed by atoms with van der Waals surface area (Å²) in [4.78, 5) is 10.1. The van der Waals surface area contributed by atoms with Crippen LogP contribution in [0.5, 0.6) is 0 Å². The van der Waals surface area contributed by atoms with E-state index >= 15 is 0 Å². The molecule has 23 heavy (non-hydrogen) atoms. The molecule has 1 aliphatic rings. The minimum atomic E-state index is 0.204. The highest BCUT2D eigenvalue weighted by molar-refractivity contribution is 5.77. The summed E-state index contributed by atoms with van der Waals surface area (Å²) in [5, 5.41) is 2.68. The standard InChI is InChI=1S/C16H34O.C4H7NO/c1-3-5-7-9-11-13-15-17-16-14-12-10-8-6-4-2;6-4-2-1-3-5-4/h3-16H2,1-2H3;1-3H2,(H,5,6). The highest BCUT2D eigenvalue weighted by Crippen LogP contribution is 2.06. The van der Waals surface area contributed by atoms with Crippen molar-refractivity contribution in [3.8, 4) is 0 Å². The maximum absolute atomic E-state index is 10.1. The van der Waals surface area contributed by atoms with Gasteiger partial charge in [0.25, 0.3) is 0 Å². The second-order valence-electron chi connectivity index (χ2n) is 6.60. The summed E-state index contributed by atoms with van der Waals surface area (Å²) in [6.07, 6.45) is 18.1. The molecule has 1 aliphatic heterocycles. The Morgan fingerprint density at radius 2 is 1.26 bits per heavy atom. The molecule has 1 rings (SSSR count). The van der Waals surface area contributed by atoms with Gasteiger partial charge in [0.1, 0.15) is 0 Å². The average Bonchev–Trinajstić information content (AvgIpc) is 3.03. The van der Waals surface area contributed by atoms with Crippen LogP contribution in [0.3, 0.4) is 0 Å². The molecule has 138 valence electrons. The van der Waals surface area contributed by atoms with Crippen LogP contribution in [-0.2, 0) is 9.53 Å². The Bertz CT molecular complexity index is 222. The summed E-state index contributed by atoms with van der Waals surface area (Å²) in [5.74, 6) is 0.204. The predicted octanol–water partition coefficient (Wildman–Crippen LogP) is 5.62. The number of nitrogens with one attached hydrogen (secondary N) is 1. The Morgan fingerprint density at radius 3 is 1.61 bits per heavy atom. The van der Waals surface area contributed by atoms with Gasteiger partial charge in [-0.05, 0) is 19.3 Å². The van der Waals surface area contributed by atoms with E-state index in [4.69, 9.17) is 4.74 Å². The fourth-order valence-electron chi connectivity index (χ4n) is 2.64. The van der Waals surface area contributed by atoms with E-state index in [1.54, 1.807) is 0 Å². The normalized spacial score (nSPS) is 13.6. The molecule has 0 atom stereocenters. The first kappa shape index (κ1) is 22.4. The van der Waals surface area contributed by atoms with Gasteiger partial charge in [0.2, 0.25) is 5.91 Å². The van der Waals surface area contributed by atoms with Crippen LogP contribution in [0.2, 0.25) is 0 Å². The number of rotatable bonds is 14. The lowest BCUT2D eigenvalue weighted by atomic mass is 10.1. The molecule has 1 N–H and O–H groups in total. The van der Waals surface area contributed by atoms with Gasteiger partial charge in [-0.15, -0.1) is 0 Å². The molecule has 1 amide bonds. The van der Waals surface area contributed by atoms with Crippen LogP contribution in [0.25, 0.3) is 0 Å². The summed E-state index contributed by atoms with van der Waals surface area (Å²) in [6.45, 7) is 7.40. The van der Waals surface area contributed by atoms with Crippen molar-refractivity contribution in [2.75, 3.05) is 19.8 Å². The lowest BCUT2D eigenvalue weighted by Gasteiger charge is -2.04. The van der Waals surface area contributed by atoms with Crippen molar-refractivity contribution in [3.63, 3.8) is 0 Å². The van der Waals surface area contributed by atoms with E-state index in [1.165, 1.54) is 77.0 Å². The zero-order valence-electron chi connectivity index (χ0n) is 15.8. The molecule has 1 fully saturated rings. The van der Waals surface area contributed by atoms with E-state index in [9.17, 15) is 4.79 Å². The van der Waals surface area contributed by atoms with E-state index in [0.29, 0.717) is 0 Å². The number of carbonyl (C=O) groups excluding carboxylic acids is 1. The smallest absolute Gasteiger partial charge is 0.220 e. The van der Waals surface area contributed by atoms with Crippen LogP contribution >= 0.6 is 0 Å². The van der Waals surface area contributed by atoms with Crippen LogP contribution in [-0.4, -0.2) is 25.7 Å². The van der Waals surface area contributed by atoms with Crippen molar-refractivity contribution < 1.29 is 9.53 Å². The summed E-state index contributed by atoms with van der Waals surface area (Å²) in [6, 6.07) is 0. The number of ether oxygens (including phenoxy) is 1. The quantitative estimate of drug-likeness (QED) is 0.420. The molecule has 1 saturated heterocycles. The van der Waals surface area contributed by atoms with Gasteiger partial charge in [-0.3, -0.25) is 4.79 Å². The molecule has 0 unspecified atom stereocenters. The molecule has 0 aromatic heterocycles. The first-order valence-electron chi connectivity index (χ1n) is 10.2. The molecule has 0 aliphatic carbocycles. The van der Waals surface area contributed by atoms with Crippen molar-refractivity contribution in [1.82, 2.24) is 5.32 Å². The second-order valence-corrected chi connectivity index (χ2v) is 6.60. The summed E-state index contributed by atoms with van der Waals surface area (Å²) in [5.41, 5.74) is 0. The van der Waals surface area contributed by atoms with Gasteiger partial charge >= 0.3 is 0 Å². The van der Waals surface area contributed by atoms with Crippen LogP contribution in [0.15, 0.2) is 0 Å². The zero-order valence-corrected chi connectivity index (χ0v) is 15.8. The van der Waals surface area contributed by atoms with Gasteiger partial charge in [-0.25, -0.2) is 0 Å². The highest BCUT2D eigenvalue weighted by atomic mass is 16.5. The molecule has 0 radical (unpaired) electrons. The Kier molecular flexibility index (Phi) is 19.0. The van der Waals surface area contributed by atoms with Crippen molar-refractivity contribution in [3.05, 3.63) is 0 Å². The summed E-state index contributed by atoms with van der Waals surface area (Å²) < 4.78 is 5.65. The number of carbonyl (C=O) groups is 1. The third-order valence-electron chi connectivity index (χ3n) is 4.19. The Morgan fingerprint density at radius 1 is 0.783 bits per heavy atom. The maximum atomic E-state index is 10.1. The third kappa shape index (κ3) is 19.4. The van der Waals surface area contributed by atoms with Gasteiger partial charge in [-0.2, -0.15) is 0 Å². The van der Waals surface area contributed by atoms with Crippen molar-refractivity contribution >= 4 is 5.91 Å². The first-order chi connectivity index (χ1) is 11.3.